The molecule has 1 aliphatic rings. The molecule has 0 aliphatic carbocycles. The van der Waals surface area contributed by atoms with Crippen molar-refractivity contribution in [1.29, 1.82) is 0 Å². The summed E-state index contributed by atoms with van der Waals surface area (Å²) in [6.07, 6.45) is -0.766. The topological polar surface area (TPSA) is 150 Å². The van der Waals surface area contributed by atoms with Crippen LogP contribution in [0.1, 0.15) is 36.8 Å². The van der Waals surface area contributed by atoms with Crippen molar-refractivity contribution in [2.24, 2.45) is 11.8 Å². The van der Waals surface area contributed by atoms with Gasteiger partial charge in [-0.2, -0.15) is 0 Å². The second kappa shape index (κ2) is 12.2. The number of aromatic nitrogens is 1. The van der Waals surface area contributed by atoms with Gasteiger partial charge in [-0.05, 0) is 18.9 Å². The predicted molar refractivity (Wildman–Crippen MR) is 129 cm³/mol. The summed E-state index contributed by atoms with van der Waals surface area (Å²) in [6.45, 7) is 4.25. The Morgan fingerprint density at radius 1 is 1.16 bits per heavy atom. The first-order chi connectivity index (χ1) is 17.6. The summed E-state index contributed by atoms with van der Waals surface area (Å²) in [4.78, 5) is 55.3. The Hall–Kier alpha value is -4.15. The van der Waals surface area contributed by atoms with Crippen LogP contribution >= 0.6 is 0 Å². The van der Waals surface area contributed by atoms with Crippen molar-refractivity contribution in [3.05, 3.63) is 53.9 Å². The van der Waals surface area contributed by atoms with E-state index in [2.05, 4.69) is 10.3 Å². The zero-order valence-electron chi connectivity index (χ0n) is 21.0. The number of nitrogens with one attached hydrogen (secondary N) is 1. The van der Waals surface area contributed by atoms with Crippen LogP contribution in [0.3, 0.4) is 0 Å². The van der Waals surface area contributed by atoms with E-state index < -0.39 is 72.0 Å². The van der Waals surface area contributed by atoms with Crippen LogP contribution < -0.4 is 10.1 Å². The summed E-state index contributed by atoms with van der Waals surface area (Å²) in [6, 6.07) is 9.01. The molecule has 1 saturated heterocycles. The van der Waals surface area contributed by atoms with Gasteiger partial charge in [-0.25, -0.2) is 9.78 Å². The first kappa shape index (κ1) is 27.4. The largest absolute Gasteiger partial charge is 0.503 e. The molecule has 11 heteroatoms. The fraction of sp³-hybridized carbons (Fsp3) is 0.423. The Kier molecular flexibility index (Phi) is 9.05. The lowest BCUT2D eigenvalue weighted by Gasteiger charge is -2.29. The zero-order chi connectivity index (χ0) is 27.1. The Morgan fingerprint density at radius 2 is 1.86 bits per heavy atom. The van der Waals surface area contributed by atoms with Crippen LogP contribution in [0, 0.1) is 11.8 Å². The molecule has 2 unspecified atom stereocenters. The van der Waals surface area contributed by atoms with Gasteiger partial charge >= 0.3 is 17.9 Å². The Labute approximate surface area is 214 Å². The van der Waals surface area contributed by atoms with Crippen molar-refractivity contribution in [2.45, 2.75) is 45.4 Å². The second-order valence-electron chi connectivity index (χ2n) is 8.86. The number of esters is 3. The van der Waals surface area contributed by atoms with Gasteiger partial charge < -0.3 is 29.4 Å². The van der Waals surface area contributed by atoms with E-state index in [0.29, 0.717) is 0 Å². The molecule has 3 rings (SSSR count). The van der Waals surface area contributed by atoms with Gasteiger partial charge in [0.2, 0.25) is 0 Å². The van der Waals surface area contributed by atoms with Crippen LogP contribution in [0.4, 0.5) is 0 Å². The highest BCUT2D eigenvalue weighted by atomic mass is 16.6. The van der Waals surface area contributed by atoms with E-state index in [9.17, 15) is 24.3 Å². The highest BCUT2D eigenvalue weighted by Crippen LogP contribution is 2.28. The number of methoxy groups -OCH3 is 1. The number of carbonyl (C=O) groups excluding carboxylic acids is 4. The van der Waals surface area contributed by atoms with Crippen molar-refractivity contribution in [1.82, 2.24) is 10.3 Å². The van der Waals surface area contributed by atoms with Crippen LogP contribution in [0.2, 0.25) is 0 Å². The number of ether oxygens (including phenoxy) is 4. The summed E-state index contributed by atoms with van der Waals surface area (Å²) < 4.78 is 21.5. The number of hydrogen-bond acceptors (Lipinski definition) is 10. The predicted octanol–water partition coefficient (Wildman–Crippen LogP) is 1.81. The third kappa shape index (κ3) is 6.75. The average molecular weight is 515 g/mol. The molecule has 2 aromatic rings. The lowest BCUT2D eigenvalue weighted by Crippen LogP contribution is -2.47. The number of cyclic esters (lactones) is 2. The van der Waals surface area contributed by atoms with E-state index in [-0.39, 0.29) is 12.2 Å². The smallest absolute Gasteiger partial charge is 0.332 e. The molecule has 2 N–H and O–H groups in total. The number of amides is 1. The molecule has 1 aromatic carbocycles. The molecule has 1 amide bonds. The molecular formula is C26H30N2O9. The third-order valence-corrected chi connectivity index (χ3v) is 5.79. The fourth-order valence-corrected chi connectivity index (χ4v) is 3.74. The highest BCUT2D eigenvalue weighted by Gasteiger charge is 2.42. The van der Waals surface area contributed by atoms with Crippen molar-refractivity contribution < 1.29 is 43.2 Å². The molecule has 11 nitrogen and oxygen atoms in total. The Morgan fingerprint density at radius 3 is 2.51 bits per heavy atom. The number of pyridine rings is 1. The van der Waals surface area contributed by atoms with Gasteiger partial charge in [0.1, 0.15) is 18.6 Å². The van der Waals surface area contributed by atoms with E-state index in [0.717, 1.165) is 5.56 Å². The molecule has 4 atom stereocenters. The van der Waals surface area contributed by atoms with Gasteiger partial charge in [0, 0.05) is 12.3 Å². The first-order valence-electron chi connectivity index (χ1n) is 11.8. The number of aromatic hydroxyl groups is 1. The summed E-state index contributed by atoms with van der Waals surface area (Å²) in [5.74, 6) is -5.10. The molecule has 37 heavy (non-hydrogen) atoms. The number of benzene rings is 1. The summed E-state index contributed by atoms with van der Waals surface area (Å²) in [5.41, 5.74) is 0.398. The molecule has 1 aromatic heterocycles. The standard InChI is InChI=1S/C26H30N2O9/c1-14(2)24(31)37-22-15(3)36-26(33)18(28-23(30)20-21(29)19(34-4)10-11-27-20)13-35-25(32)17(22)12-16-8-6-5-7-9-16/h5-11,14-15,17-18,22,29H,12-13H2,1-4H3,(H,28,30)/t15-,17?,18?,22-/m0/s1. The quantitative estimate of drug-likeness (QED) is 0.414. The number of carbonyl (C=O) groups is 4. The lowest BCUT2D eigenvalue weighted by molar-refractivity contribution is -0.176. The maximum absolute atomic E-state index is 13.2. The molecule has 198 valence electrons. The molecule has 1 aliphatic heterocycles. The van der Waals surface area contributed by atoms with Gasteiger partial charge in [-0.1, -0.05) is 44.2 Å². The van der Waals surface area contributed by atoms with Crippen LogP contribution in [-0.4, -0.2) is 65.9 Å². The molecule has 0 saturated carbocycles. The number of nitrogens with zero attached hydrogens (tertiary/aromatic N) is 1. The van der Waals surface area contributed by atoms with E-state index in [4.69, 9.17) is 18.9 Å². The van der Waals surface area contributed by atoms with Crippen LogP contribution in [0.5, 0.6) is 11.5 Å². The minimum atomic E-state index is -1.41. The van der Waals surface area contributed by atoms with Crippen molar-refractivity contribution in [2.75, 3.05) is 13.7 Å². The maximum atomic E-state index is 13.2. The van der Waals surface area contributed by atoms with Crippen molar-refractivity contribution in [3.63, 3.8) is 0 Å². The zero-order valence-corrected chi connectivity index (χ0v) is 21.0. The van der Waals surface area contributed by atoms with E-state index in [1.54, 1.807) is 13.8 Å². The van der Waals surface area contributed by atoms with E-state index in [1.165, 1.54) is 26.3 Å². The first-order valence-corrected chi connectivity index (χ1v) is 11.8. The van der Waals surface area contributed by atoms with Crippen molar-refractivity contribution in [3.8, 4) is 11.5 Å². The third-order valence-electron chi connectivity index (χ3n) is 5.79. The van der Waals surface area contributed by atoms with E-state index in [1.807, 2.05) is 30.3 Å². The monoisotopic (exact) mass is 514 g/mol. The fourth-order valence-electron chi connectivity index (χ4n) is 3.74. The average Bonchev–Trinajstić information content (AvgIpc) is 2.91. The summed E-state index contributed by atoms with van der Waals surface area (Å²) >= 11 is 0. The van der Waals surface area contributed by atoms with Gasteiger partial charge in [0.25, 0.3) is 5.91 Å². The minimum absolute atomic E-state index is 0.0100. The summed E-state index contributed by atoms with van der Waals surface area (Å²) in [7, 11) is 1.31. The van der Waals surface area contributed by atoms with Gasteiger partial charge in [0.15, 0.2) is 29.3 Å². The molecule has 1 fully saturated rings. The van der Waals surface area contributed by atoms with Gasteiger partial charge in [-0.3, -0.25) is 14.4 Å². The number of rotatable bonds is 7. The second-order valence-corrected chi connectivity index (χ2v) is 8.86. The summed E-state index contributed by atoms with van der Waals surface area (Å²) in [5, 5.41) is 12.6. The van der Waals surface area contributed by atoms with Gasteiger partial charge in [0.05, 0.1) is 13.0 Å². The molecule has 0 radical (unpaired) electrons. The van der Waals surface area contributed by atoms with E-state index >= 15 is 0 Å². The Bertz CT molecular complexity index is 1140. The van der Waals surface area contributed by atoms with Crippen molar-refractivity contribution >= 4 is 23.8 Å². The highest BCUT2D eigenvalue weighted by molar-refractivity contribution is 5.98. The molecule has 2 heterocycles. The van der Waals surface area contributed by atoms with Gasteiger partial charge in [-0.15, -0.1) is 0 Å². The van der Waals surface area contributed by atoms with Crippen LogP contribution in [0.15, 0.2) is 42.6 Å². The van der Waals surface area contributed by atoms with Crippen LogP contribution in [0.25, 0.3) is 0 Å². The minimum Gasteiger partial charge on any atom is -0.503 e. The maximum Gasteiger partial charge on any atom is 0.332 e. The normalized spacial score (nSPS) is 22.1. The van der Waals surface area contributed by atoms with Crippen LogP contribution in [-0.2, 0) is 35.0 Å². The molecular weight excluding hydrogens is 484 g/mol. The molecule has 0 bridgehead atoms. The number of hydrogen-bond donors (Lipinski definition) is 2. The SMILES string of the molecule is COc1ccnc(C(=O)NC2COC(=O)C(Cc3ccccc3)[C@@H](OC(=O)C(C)C)[C@H](C)OC2=O)c1O. The Balaban J connectivity index is 1.87. The lowest BCUT2D eigenvalue weighted by atomic mass is 9.91. The molecule has 0 spiro atoms.